The second kappa shape index (κ2) is 8.25. The molecule has 1 atom stereocenters. The molecule has 3 nitrogen and oxygen atoms in total. The largest absolute Gasteiger partial charge is 0.376 e. The Bertz CT molecular complexity index is 329. The quantitative estimate of drug-likeness (QED) is 0.785. The molecule has 0 radical (unpaired) electrons. The SMILES string of the molecule is CC(CNC(=O)CBr)COCc1ccccc1. The van der Waals surface area contributed by atoms with Crippen LogP contribution >= 0.6 is 15.9 Å². The van der Waals surface area contributed by atoms with Crippen LogP contribution < -0.4 is 5.32 Å². The lowest BCUT2D eigenvalue weighted by molar-refractivity contribution is -0.118. The summed E-state index contributed by atoms with van der Waals surface area (Å²) in [6, 6.07) is 10.1. The fraction of sp³-hybridized carbons (Fsp3) is 0.462. The summed E-state index contributed by atoms with van der Waals surface area (Å²) >= 11 is 3.10. The second-order valence-electron chi connectivity index (χ2n) is 4.04. The molecule has 1 aromatic carbocycles. The Balaban J connectivity index is 2.12. The molecule has 0 aliphatic heterocycles. The van der Waals surface area contributed by atoms with Crippen LogP contribution in [-0.2, 0) is 16.1 Å². The number of halogens is 1. The number of carbonyl (C=O) groups excluding carboxylic acids is 1. The fourth-order valence-corrected chi connectivity index (χ4v) is 1.54. The van der Waals surface area contributed by atoms with Crippen molar-refractivity contribution in [3.63, 3.8) is 0 Å². The number of amides is 1. The Morgan fingerprint density at radius 3 is 2.76 bits per heavy atom. The van der Waals surface area contributed by atoms with Gasteiger partial charge in [0.1, 0.15) is 0 Å². The number of carbonyl (C=O) groups is 1. The molecule has 0 saturated carbocycles. The van der Waals surface area contributed by atoms with Gasteiger partial charge in [0.2, 0.25) is 5.91 Å². The van der Waals surface area contributed by atoms with Gasteiger partial charge in [-0.3, -0.25) is 4.79 Å². The zero-order valence-corrected chi connectivity index (χ0v) is 11.6. The first-order valence-electron chi connectivity index (χ1n) is 5.66. The Labute approximate surface area is 111 Å². The van der Waals surface area contributed by atoms with Crippen molar-refractivity contribution >= 4 is 21.8 Å². The van der Waals surface area contributed by atoms with Gasteiger partial charge in [-0.1, -0.05) is 53.2 Å². The molecular formula is C13H18BrNO2. The van der Waals surface area contributed by atoms with Crippen LogP contribution in [0.2, 0.25) is 0 Å². The minimum Gasteiger partial charge on any atom is -0.376 e. The highest BCUT2D eigenvalue weighted by Gasteiger charge is 2.04. The number of ether oxygens (including phenoxy) is 1. The van der Waals surface area contributed by atoms with Crippen LogP contribution in [0, 0.1) is 5.92 Å². The topological polar surface area (TPSA) is 38.3 Å². The van der Waals surface area contributed by atoms with Gasteiger partial charge in [-0.25, -0.2) is 0 Å². The van der Waals surface area contributed by atoms with E-state index in [1.165, 1.54) is 5.56 Å². The van der Waals surface area contributed by atoms with Crippen molar-refractivity contribution in [1.29, 1.82) is 0 Å². The van der Waals surface area contributed by atoms with E-state index in [0.717, 1.165) is 0 Å². The molecule has 4 heteroatoms. The zero-order chi connectivity index (χ0) is 12.5. The van der Waals surface area contributed by atoms with Crippen LogP contribution in [0.1, 0.15) is 12.5 Å². The highest BCUT2D eigenvalue weighted by atomic mass is 79.9. The number of nitrogens with one attached hydrogen (secondary N) is 1. The van der Waals surface area contributed by atoms with E-state index in [-0.39, 0.29) is 5.91 Å². The number of rotatable bonds is 7. The molecule has 1 amide bonds. The van der Waals surface area contributed by atoms with Crippen LogP contribution in [0.15, 0.2) is 30.3 Å². The maximum Gasteiger partial charge on any atom is 0.230 e. The minimum atomic E-state index is 0.0138. The first-order valence-corrected chi connectivity index (χ1v) is 6.79. The lowest BCUT2D eigenvalue weighted by Gasteiger charge is -2.12. The van der Waals surface area contributed by atoms with Gasteiger partial charge in [0.05, 0.1) is 18.5 Å². The van der Waals surface area contributed by atoms with Crippen molar-refractivity contribution in [2.24, 2.45) is 5.92 Å². The van der Waals surface area contributed by atoms with Gasteiger partial charge in [0.15, 0.2) is 0 Å². The standard InChI is InChI=1S/C13H18BrNO2/c1-11(8-15-13(16)7-14)9-17-10-12-5-3-2-4-6-12/h2-6,11H,7-10H2,1H3,(H,15,16). The Hall–Kier alpha value is -0.870. The molecule has 17 heavy (non-hydrogen) atoms. The van der Waals surface area contributed by atoms with Crippen molar-refractivity contribution < 1.29 is 9.53 Å². The summed E-state index contributed by atoms with van der Waals surface area (Å²) in [6.07, 6.45) is 0. The summed E-state index contributed by atoms with van der Waals surface area (Å²) in [6.45, 7) is 3.98. The van der Waals surface area contributed by atoms with E-state index in [1.54, 1.807) is 0 Å². The third kappa shape index (κ3) is 6.44. The number of hydrogen-bond acceptors (Lipinski definition) is 2. The van der Waals surface area contributed by atoms with Crippen molar-refractivity contribution in [1.82, 2.24) is 5.32 Å². The van der Waals surface area contributed by atoms with Crippen molar-refractivity contribution in [2.45, 2.75) is 13.5 Å². The minimum absolute atomic E-state index is 0.0138. The molecule has 1 rings (SSSR count). The zero-order valence-electron chi connectivity index (χ0n) is 9.99. The summed E-state index contributed by atoms with van der Waals surface area (Å²) in [5, 5.41) is 3.17. The Morgan fingerprint density at radius 1 is 1.41 bits per heavy atom. The molecule has 1 unspecified atom stereocenters. The molecule has 1 aromatic rings. The normalized spacial score (nSPS) is 12.1. The third-order valence-corrected chi connectivity index (χ3v) is 2.79. The molecule has 0 aliphatic rings. The van der Waals surface area contributed by atoms with Crippen LogP contribution in [0.25, 0.3) is 0 Å². The predicted molar refractivity (Wildman–Crippen MR) is 72.1 cm³/mol. The highest BCUT2D eigenvalue weighted by Crippen LogP contribution is 2.02. The number of benzene rings is 1. The average Bonchev–Trinajstić information content (AvgIpc) is 2.37. The van der Waals surface area contributed by atoms with Crippen LogP contribution in [0.3, 0.4) is 0 Å². The van der Waals surface area contributed by atoms with Gasteiger partial charge in [-0.05, 0) is 11.5 Å². The molecule has 0 bridgehead atoms. The van der Waals surface area contributed by atoms with Gasteiger partial charge < -0.3 is 10.1 Å². The number of hydrogen-bond donors (Lipinski definition) is 1. The average molecular weight is 300 g/mol. The van der Waals surface area contributed by atoms with Crippen molar-refractivity contribution in [3.05, 3.63) is 35.9 Å². The van der Waals surface area contributed by atoms with Crippen LogP contribution in [-0.4, -0.2) is 24.4 Å². The van der Waals surface area contributed by atoms with Gasteiger partial charge >= 0.3 is 0 Å². The van der Waals surface area contributed by atoms with E-state index in [1.807, 2.05) is 30.3 Å². The van der Waals surface area contributed by atoms with Gasteiger partial charge in [0.25, 0.3) is 0 Å². The molecule has 0 fully saturated rings. The Kier molecular flexibility index (Phi) is 6.89. The first-order chi connectivity index (χ1) is 8.22. The molecule has 0 heterocycles. The fourth-order valence-electron chi connectivity index (χ4n) is 1.35. The summed E-state index contributed by atoms with van der Waals surface area (Å²) in [5.74, 6) is 0.335. The van der Waals surface area contributed by atoms with E-state index in [4.69, 9.17) is 4.74 Å². The van der Waals surface area contributed by atoms with Crippen LogP contribution in [0.4, 0.5) is 0 Å². The maximum absolute atomic E-state index is 11.0. The summed E-state index contributed by atoms with van der Waals surface area (Å²) in [4.78, 5) is 11.0. The molecule has 94 valence electrons. The second-order valence-corrected chi connectivity index (χ2v) is 4.60. The predicted octanol–water partition coefficient (Wildman–Crippen LogP) is 2.35. The lowest BCUT2D eigenvalue weighted by Crippen LogP contribution is -2.30. The van der Waals surface area contributed by atoms with E-state index in [9.17, 15) is 4.79 Å². The number of alkyl halides is 1. The maximum atomic E-state index is 11.0. The van der Waals surface area contributed by atoms with E-state index in [2.05, 4.69) is 28.2 Å². The molecule has 0 saturated heterocycles. The summed E-state index contributed by atoms with van der Waals surface area (Å²) in [7, 11) is 0. The van der Waals surface area contributed by atoms with Crippen molar-refractivity contribution in [2.75, 3.05) is 18.5 Å². The van der Waals surface area contributed by atoms with Gasteiger partial charge in [-0.2, -0.15) is 0 Å². The van der Waals surface area contributed by atoms with E-state index in [0.29, 0.717) is 31.0 Å². The smallest absolute Gasteiger partial charge is 0.230 e. The summed E-state index contributed by atoms with van der Waals surface area (Å²) < 4.78 is 5.58. The van der Waals surface area contributed by atoms with E-state index >= 15 is 0 Å². The summed E-state index contributed by atoms with van der Waals surface area (Å²) in [5.41, 5.74) is 1.17. The monoisotopic (exact) mass is 299 g/mol. The molecule has 1 N–H and O–H groups in total. The highest BCUT2D eigenvalue weighted by molar-refractivity contribution is 9.09. The third-order valence-electron chi connectivity index (χ3n) is 2.28. The van der Waals surface area contributed by atoms with E-state index < -0.39 is 0 Å². The van der Waals surface area contributed by atoms with Gasteiger partial charge in [0, 0.05) is 6.54 Å². The molecule has 0 spiro atoms. The molecule has 0 aromatic heterocycles. The molecular weight excluding hydrogens is 282 g/mol. The first kappa shape index (κ1) is 14.2. The van der Waals surface area contributed by atoms with Crippen molar-refractivity contribution in [3.8, 4) is 0 Å². The Morgan fingerprint density at radius 2 is 2.12 bits per heavy atom. The molecule has 0 aliphatic carbocycles. The van der Waals surface area contributed by atoms with Crippen LogP contribution in [0.5, 0.6) is 0 Å². The van der Waals surface area contributed by atoms with Gasteiger partial charge in [-0.15, -0.1) is 0 Å². The lowest BCUT2D eigenvalue weighted by atomic mass is 10.2.